The van der Waals surface area contributed by atoms with Crippen molar-refractivity contribution in [1.29, 1.82) is 0 Å². The Morgan fingerprint density at radius 1 is 0.857 bits per heavy atom. The predicted octanol–water partition coefficient (Wildman–Crippen LogP) is -2.77. The summed E-state index contributed by atoms with van der Waals surface area (Å²) in [6, 6.07) is 0. The fourth-order valence-electron chi connectivity index (χ4n) is 3.89. The van der Waals surface area contributed by atoms with Crippen molar-refractivity contribution in [3.63, 3.8) is 0 Å². The molecule has 0 spiro atoms. The van der Waals surface area contributed by atoms with Crippen LogP contribution in [0.1, 0.15) is 43.3 Å². The van der Waals surface area contributed by atoms with Crippen LogP contribution >= 0.6 is 0 Å². The van der Waals surface area contributed by atoms with Crippen molar-refractivity contribution in [2.45, 2.75) is 70.0 Å². The molecule has 0 aromatic carbocycles. The van der Waals surface area contributed by atoms with Crippen molar-refractivity contribution in [1.82, 2.24) is 19.1 Å². The highest BCUT2D eigenvalue weighted by Gasteiger charge is 2.36. The molecule has 0 bridgehead atoms. The lowest BCUT2D eigenvalue weighted by molar-refractivity contribution is -0.0459. The van der Waals surface area contributed by atoms with Gasteiger partial charge in [-0.3, -0.25) is 28.7 Å². The summed E-state index contributed by atoms with van der Waals surface area (Å²) in [4.78, 5) is 50.2. The fraction of sp³-hybridized carbons (Fsp3) is 0.619. The van der Waals surface area contributed by atoms with Gasteiger partial charge in [0.05, 0.1) is 25.4 Å². The molecular weight excluding hydrogens is 468 g/mol. The second-order valence-corrected chi connectivity index (χ2v) is 8.38. The molecule has 4 heterocycles. The normalized spacial score (nSPS) is 28.1. The molecule has 0 amide bonds. The lowest BCUT2D eigenvalue weighted by atomic mass is 10.2. The minimum Gasteiger partial charge on any atom is -0.394 e. The van der Waals surface area contributed by atoms with Gasteiger partial charge in [-0.2, -0.15) is 0 Å². The summed E-state index contributed by atoms with van der Waals surface area (Å²) in [5.74, 6) is 0. The highest BCUT2D eigenvalue weighted by molar-refractivity contribution is 5.05. The Balaban J connectivity index is 0.000000196. The summed E-state index contributed by atoms with van der Waals surface area (Å²) >= 11 is 0. The van der Waals surface area contributed by atoms with Gasteiger partial charge in [0, 0.05) is 36.4 Å². The van der Waals surface area contributed by atoms with Crippen LogP contribution in [0.2, 0.25) is 0 Å². The molecule has 2 aromatic heterocycles. The summed E-state index contributed by atoms with van der Waals surface area (Å²) in [5, 5.41) is 37.1. The van der Waals surface area contributed by atoms with Gasteiger partial charge in [0.1, 0.15) is 24.7 Å². The van der Waals surface area contributed by atoms with Gasteiger partial charge in [0.2, 0.25) is 0 Å². The number of aliphatic hydroxyl groups excluding tert-OH is 4. The van der Waals surface area contributed by atoms with E-state index in [1.807, 2.05) is 0 Å². The van der Waals surface area contributed by atoms with E-state index >= 15 is 0 Å². The standard InChI is InChI=1S/C11H16N2O5.C10H14N2O5/c1-2-6-4-13(11(17)12-10(6)16)9-3-7(15)8(5-14)18-9;1-5-3-12(10(16)11-9(5)15)8-2-6(14)7(4-13)17-8/h4,7-9,14-15H,2-3,5H2,1H3,(H,12,16,17);3,6-8,13-14H,2,4H2,1H3,(H,11,15,16)/t7-,8+,9+;6-,7+,8+/m00/s1. The zero-order valence-corrected chi connectivity index (χ0v) is 19.3. The molecule has 194 valence electrons. The van der Waals surface area contributed by atoms with E-state index in [1.165, 1.54) is 21.5 Å². The number of aromatic amines is 2. The van der Waals surface area contributed by atoms with Gasteiger partial charge in [-0.05, 0) is 13.3 Å². The quantitative estimate of drug-likeness (QED) is 0.250. The molecule has 2 aliphatic rings. The first-order chi connectivity index (χ1) is 16.6. The Hall–Kier alpha value is -2.88. The van der Waals surface area contributed by atoms with Gasteiger partial charge >= 0.3 is 11.4 Å². The van der Waals surface area contributed by atoms with Gasteiger partial charge < -0.3 is 29.9 Å². The molecular formula is C21H30N4O10. The Bertz CT molecular complexity index is 1250. The van der Waals surface area contributed by atoms with Crippen molar-refractivity contribution >= 4 is 0 Å². The maximum absolute atomic E-state index is 11.7. The molecule has 2 aromatic rings. The third-order valence-corrected chi connectivity index (χ3v) is 5.96. The van der Waals surface area contributed by atoms with Crippen LogP contribution in [-0.2, 0) is 15.9 Å². The van der Waals surface area contributed by atoms with E-state index in [4.69, 9.17) is 19.7 Å². The van der Waals surface area contributed by atoms with Crippen molar-refractivity contribution in [3.8, 4) is 0 Å². The average molecular weight is 498 g/mol. The van der Waals surface area contributed by atoms with Gasteiger partial charge in [-0.25, -0.2) is 9.59 Å². The monoisotopic (exact) mass is 498 g/mol. The highest BCUT2D eigenvalue weighted by atomic mass is 16.5. The third-order valence-electron chi connectivity index (χ3n) is 5.96. The minimum atomic E-state index is -0.816. The van der Waals surface area contributed by atoms with E-state index < -0.39 is 59.4 Å². The third kappa shape index (κ3) is 5.86. The molecule has 0 unspecified atom stereocenters. The summed E-state index contributed by atoms with van der Waals surface area (Å²) in [5.41, 5.74) is -1.15. The largest absolute Gasteiger partial charge is 0.394 e. The van der Waals surface area contributed by atoms with E-state index in [9.17, 15) is 29.4 Å². The van der Waals surface area contributed by atoms with Gasteiger partial charge in [-0.1, -0.05) is 6.92 Å². The zero-order chi connectivity index (χ0) is 25.9. The van der Waals surface area contributed by atoms with Crippen LogP contribution < -0.4 is 22.5 Å². The SMILES string of the molecule is CCc1cn([C@H]2C[C@H](O)[C@@H](CO)O2)c(=O)[nH]c1=O.Cc1cn([C@H]2C[C@H](O)[C@@H](CO)O2)c(=O)[nH]c1=O. The topological polar surface area (TPSA) is 209 Å². The summed E-state index contributed by atoms with van der Waals surface area (Å²) in [7, 11) is 0. The first-order valence-corrected chi connectivity index (χ1v) is 11.1. The van der Waals surface area contributed by atoms with Crippen LogP contribution in [0.5, 0.6) is 0 Å². The highest BCUT2D eigenvalue weighted by Crippen LogP contribution is 2.28. The Morgan fingerprint density at radius 2 is 1.31 bits per heavy atom. The van der Waals surface area contributed by atoms with Crippen LogP contribution in [0, 0.1) is 6.92 Å². The molecule has 4 rings (SSSR count). The van der Waals surface area contributed by atoms with Crippen LogP contribution in [0.15, 0.2) is 31.6 Å². The number of nitrogens with one attached hydrogen (secondary N) is 2. The lowest BCUT2D eigenvalue weighted by Crippen LogP contribution is -2.34. The van der Waals surface area contributed by atoms with E-state index in [1.54, 1.807) is 13.8 Å². The van der Waals surface area contributed by atoms with Gasteiger partial charge in [0.25, 0.3) is 11.1 Å². The molecule has 2 fully saturated rings. The van der Waals surface area contributed by atoms with E-state index in [0.29, 0.717) is 17.5 Å². The number of aryl methyl sites for hydroxylation is 2. The summed E-state index contributed by atoms with van der Waals surface area (Å²) < 4.78 is 13.2. The predicted molar refractivity (Wildman–Crippen MR) is 120 cm³/mol. The molecule has 2 saturated heterocycles. The van der Waals surface area contributed by atoms with E-state index in [-0.39, 0.29) is 26.1 Å². The fourth-order valence-corrected chi connectivity index (χ4v) is 3.89. The van der Waals surface area contributed by atoms with Gasteiger partial charge in [-0.15, -0.1) is 0 Å². The van der Waals surface area contributed by atoms with Crippen LogP contribution in [-0.4, -0.2) is 77.2 Å². The Morgan fingerprint density at radius 3 is 1.74 bits per heavy atom. The smallest absolute Gasteiger partial charge is 0.330 e. The summed E-state index contributed by atoms with van der Waals surface area (Å²) in [6.45, 7) is 2.76. The molecule has 0 saturated carbocycles. The molecule has 6 N–H and O–H groups in total. The number of rotatable bonds is 5. The maximum atomic E-state index is 11.7. The second-order valence-electron chi connectivity index (χ2n) is 8.38. The summed E-state index contributed by atoms with van der Waals surface area (Å²) in [6.07, 6.45) is -0.606. The molecule has 14 nitrogen and oxygen atoms in total. The number of nitrogens with zero attached hydrogens (tertiary/aromatic N) is 2. The first kappa shape index (κ1) is 26.7. The molecule has 0 aliphatic carbocycles. The van der Waals surface area contributed by atoms with Crippen LogP contribution in [0.4, 0.5) is 0 Å². The Labute approximate surface area is 198 Å². The van der Waals surface area contributed by atoms with Crippen LogP contribution in [0.3, 0.4) is 0 Å². The minimum absolute atomic E-state index is 0.205. The number of ether oxygens (including phenoxy) is 2. The molecule has 2 aliphatic heterocycles. The molecule has 35 heavy (non-hydrogen) atoms. The first-order valence-electron chi connectivity index (χ1n) is 11.1. The van der Waals surface area contributed by atoms with E-state index in [0.717, 1.165) is 0 Å². The molecule has 0 radical (unpaired) electrons. The van der Waals surface area contributed by atoms with Crippen molar-refractivity contribution in [2.24, 2.45) is 0 Å². The maximum Gasteiger partial charge on any atom is 0.330 e. The Kier molecular flexibility index (Phi) is 8.58. The van der Waals surface area contributed by atoms with Crippen LogP contribution in [0.25, 0.3) is 0 Å². The molecule has 6 atom stereocenters. The van der Waals surface area contributed by atoms with Crippen molar-refractivity contribution < 1.29 is 29.9 Å². The number of aliphatic hydroxyl groups is 4. The molecule has 14 heteroatoms. The average Bonchev–Trinajstić information content (AvgIpc) is 3.38. The number of hydrogen-bond donors (Lipinski definition) is 6. The van der Waals surface area contributed by atoms with Crippen molar-refractivity contribution in [2.75, 3.05) is 13.2 Å². The number of aromatic nitrogens is 4. The lowest BCUT2D eigenvalue weighted by Gasteiger charge is -2.14. The number of hydrogen-bond acceptors (Lipinski definition) is 10. The van der Waals surface area contributed by atoms with Gasteiger partial charge in [0.15, 0.2) is 0 Å². The van der Waals surface area contributed by atoms with E-state index in [2.05, 4.69) is 9.97 Å². The number of H-pyrrole nitrogens is 2. The van der Waals surface area contributed by atoms with Crippen molar-refractivity contribution in [3.05, 3.63) is 65.2 Å². The zero-order valence-electron chi connectivity index (χ0n) is 19.3. The second kappa shape index (κ2) is 11.2.